The molecule has 0 bridgehead atoms. The number of amidine groups is 1. The third kappa shape index (κ3) is 4.94. The summed E-state index contributed by atoms with van der Waals surface area (Å²) in [5.74, 6) is 1.02. The van der Waals surface area contributed by atoms with Gasteiger partial charge in [-0.3, -0.25) is 4.68 Å². The van der Waals surface area contributed by atoms with Crippen molar-refractivity contribution < 1.29 is 17.8 Å². The normalized spacial score (nSPS) is 20.2. The number of aromatic nitrogens is 2. The summed E-state index contributed by atoms with van der Waals surface area (Å²) in [6, 6.07) is 4.82. The molecule has 1 N–H and O–H groups in total. The number of likely N-dealkylation sites (N-methyl/N-ethyl adjacent to an activating group) is 1. The molecule has 2 aliphatic rings. The molecule has 1 fully saturated rings. The first-order valence-electron chi connectivity index (χ1n) is 12.1. The summed E-state index contributed by atoms with van der Waals surface area (Å²) < 4.78 is 35.6. The summed E-state index contributed by atoms with van der Waals surface area (Å²) in [4.78, 5) is 4.86. The smallest absolute Gasteiger partial charge is 0.243 e. The minimum Gasteiger partial charge on any atom is -0.633 e. The Labute approximate surface area is 212 Å². The number of rotatable bonds is 8. The van der Waals surface area contributed by atoms with Crippen LogP contribution in [0.1, 0.15) is 49.5 Å². The highest BCUT2D eigenvalue weighted by Gasteiger charge is 2.34. The van der Waals surface area contributed by atoms with Crippen molar-refractivity contribution in [3.63, 3.8) is 0 Å². The number of ether oxygens (including phenoxy) is 1. The Morgan fingerprint density at radius 1 is 1.26 bits per heavy atom. The first kappa shape index (κ1) is 26.0. The van der Waals surface area contributed by atoms with Gasteiger partial charge < -0.3 is 19.9 Å². The fraction of sp³-hybridized carbons (Fsp3) is 0.565. The van der Waals surface area contributed by atoms with Crippen molar-refractivity contribution >= 4 is 34.2 Å². The Morgan fingerprint density at radius 2 is 1.97 bits per heavy atom. The van der Waals surface area contributed by atoms with E-state index in [4.69, 9.17) is 22.4 Å². The topological polar surface area (TPSA) is 112 Å². The number of fused-ring (bicyclic) bond motifs is 1. The highest BCUT2D eigenvalue weighted by atomic mass is 32.2. The Balaban J connectivity index is 1.71. The van der Waals surface area contributed by atoms with Crippen molar-refractivity contribution in [2.75, 3.05) is 44.6 Å². The van der Waals surface area contributed by atoms with Crippen LogP contribution in [-0.4, -0.2) is 72.3 Å². The quantitative estimate of drug-likeness (QED) is 0.313. The van der Waals surface area contributed by atoms with Crippen LogP contribution in [0.4, 0.5) is 5.69 Å². The second-order valence-electron chi connectivity index (χ2n) is 8.87. The molecule has 4 rings (SSSR count). The number of piperazine rings is 1. The monoisotopic (exact) mass is 522 g/mol. The van der Waals surface area contributed by atoms with E-state index in [1.54, 1.807) is 22.9 Å². The van der Waals surface area contributed by atoms with Gasteiger partial charge in [-0.15, -0.1) is 12.6 Å². The lowest BCUT2D eigenvalue weighted by Crippen LogP contribution is -2.57. The molecule has 0 amide bonds. The highest BCUT2D eigenvalue weighted by Crippen LogP contribution is 2.38. The number of hydroxylamine groups is 3. The van der Waals surface area contributed by atoms with Gasteiger partial charge in [0.1, 0.15) is 17.0 Å². The number of sulfonamides is 1. The van der Waals surface area contributed by atoms with Gasteiger partial charge in [0.15, 0.2) is 0 Å². The summed E-state index contributed by atoms with van der Waals surface area (Å²) in [5.41, 5.74) is 3.19. The molecule has 1 atom stereocenters. The number of thiol groups is 1. The SMILES string of the molecule is CCCc1nn(C)c2c1NC(c1cc(S(=O)(=O)N3CC[N+]([O-])(CC)CC3)ccc1OCC)=NC2S. The van der Waals surface area contributed by atoms with Crippen molar-refractivity contribution in [3.8, 4) is 5.75 Å². The molecule has 0 aliphatic carbocycles. The molecule has 0 radical (unpaired) electrons. The summed E-state index contributed by atoms with van der Waals surface area (Å²) >= 11 is 4.69. The number of nitrogens with zero attached hydrogens (tertiary/aromatic N) is 5. The first-order chi connectivity index (χ1) is 16.6. The third-order valence-corrected chi connectivity index (χ3v) is 8.88. The molecule has 1 aromatic heterocycles. The minimum atomic E-state index is -3.79. The number of quaternary nitrogens is 1. The number of hydrogen-bond acceptors (Lipinski definition) is 8. The van der Waals surface area contributed by atoms with Crippen LogP contribution in [0.15, 0.2) is 28.1 Å². The molecule has 2 aliphatic heterocycles. The Bertz CT molecular complexity index is 1220. The number of hydrogen-bond donors (Lipinski definition) is 2. The van der Waals surface area contributed by atoms with E-state index in [1.165, 1.54) is 4.31 Å². The molecule has 1 unspecified atom stereocenters. The van der Waals surface area contributed by atoms with Crippen molar-refractivity contribution in [3.05, 3.63) is 40.4 Å². The summed E-state index contributed by atoms with van der Waals surface area (Å²) in [5, 5.41) is 20.1. The Hall–Kier alpha value is -2.12. The average molecular weight is 523 g/mol. The number of nitrogens with one attached hydrogen (secondary N) is 1. The maximum absolute atomic E-state index is 13.5. The van der Waals surface area contributed by atoms with Crippen LogP contribution in [0.5, 0.6) is 5.75 Å². The number of anilines is 1. The van der Waals surface area contributed by atoms with Gasteiger partial charge in [-0.05, 0) is 38.5 Å². The number of aryl methyl sites for hydroxylation is 2. The summed E-state index contributed by atoms with van der Waals surface area (Å²) in [6.45, 7) is 7.55. The van der Waals surface area contributed by atoms with Gasteiger partial charge in [-0.2, -0.15) is 9.40 Å². The fourth-order valence-electron chi connectivity index (χ4n) is 4.56. The van der Waals surface area contributed by atoms with E-state index in [0.29, 0.717) is 30.3 Å². The van der Waals surface area contributed by atoms with E-state index >= 15 is 0 Å². The second kappa shape index (κ2) is 10.1. The van der Waals surface area contributed by atoms with Crippen LogP contribution in [0.2, 0.25) is 0 Å². The molecule has 1 saturated heterocycles. The highest BCUT2D eigenvalue weighted by molar-refractivity contribution is 7.89. The van der Waals surface area contributed by atoms with Gasteiger partial charge in [0.25, 0.3) is 0 Å². The Morgan fingerprint density at radius 3 is 2.60 bits per heavy atom. The van der Waals surface area contributed by atoms with Gasteiger partial charge in [0.2, 0.25) is 10.0 Å². The zero-order valence-corrected chi connectivity index (χ0v) is 22.4. The van der Waals surface area contributed by atoms with E-state index in [-0.39, 0.29) is 35.7 Å². The van der Waals surface area contributed by atoms with Crippen molar-refractivity contribution in [2.24, 2.45) is 12.0 Å². The van der Waals surface area contributed by atoms with Crippen LogP contribution in [0.25, 0.3) is 0 Å². The number of aliphatic imine (C=N–C) groups is 1. The lowest BCUT2D eigenvalue weighted by Gasteiger charge is -2.47. The number of benzene rings is 1. The van der Waals surface area contributed by atoms with E-state index < -0.39 is 15.4 Å². The van der Waals surface area contributed by atoms with Crippen LogP contribution < -0.4 is 10.1 Å². The predicted octanol–water partition coefficient (Wildman–Crippen LogP) is 2.91. The fourth-order valence-corrected chi connectivity index (χ4v) is 6.42. The molecule has 0 spiro atoms. The van der Waals surface area contributed by atoms with E-state index in [1.807, 2.05) is 20.9 Å². The first-order valence-corrected chi connectivity index (χ1v) is 14.0. The molecule has 3 heterocycles. The zero-order valence-electron chi connectivity index (χ0n) is 20.7. The van der Waals surface area contributed by atoms with Gasteiger partial charge >= 0.3 is 0 Å². The van der Waals surface area contributed by atoms with Gasteiger partial charge in [0.05, 0.1) is 66.9 Å². The standard InChI is InChI=1S/C23H34N6O4S2/c1-5-8-18-20-21(27(4)26-18)23(34)25-22(24-20)17-15-16(9-10-19(17)33-7-3)35(31,32)28-11-13-29(30,6-2)14-12-28/h9-10,15,23,34H,5-8,11-14H2,1-4H3,(H,24,25). The van der Waals surface area contributed by atoms with Gasteiger partial charge in [-0.25, -0.2) is 13.4 Å². The van der Waals surface area contributed by atoms with Crippen molar-refractivity contribution in [2.45, 2.75) is 43.9 Å². The van der Waals surface area contributed by atoms with Crippen LogP contribution in [0, 0.1) is 5.21 Å². The lowest BCUT2D eigenvalue weighted by atomic mass is 10.1. The van der Waals surface area contributed by atoms with Gasteiger partial charge in [-0.1, -0.05) is 13.3 Å². The van der Waals surface area contributed by atoms with Crippen LogP contribution >= 0.6 is 12.6 Å². The van der Waals surface area contributed by atoms with E-state index in [2.05, 4.69) is 17.3 Å². The third-order valence-electron chi connectivity index (χ3n) is 6.62. The summed E-state index contributed by atoms with van der Waals surface area (Å²) in [7, 11) is -1.92. The lowest BCUT2D eigenvalue weighted by molar-refractivity contribution is -0.882. The zero-order chi connectivity index (χ0) is 25.4. The minimum absolute atomic E-state index is 0.143. The molecule has 2 aromatic rings. The molecule has 10 nitrogen and oxygen atoms in total. The maximum atomic E-state index is 13.5. The van der Waals surface area contributed by atoms with Crippen molar-refractivity contribution in [1.82, 2.24) is 14.1 Å². The molecular formula is C23H34N6O4S2. The maximum Gasteiger partial charge on any atom is 0.243 e. The molecule has 1 aromatic carbocycles. The molecule has 192 valence electrons. The molecule has 0 saturated carbocycles. The van der Waals surface area contributed by atoms with Crippen molar-refractivity contribution in [1.29, 1.82) is 0 Å². The summed E-state index contributed by atoms with van der Waals surface area (Å²) in [6.07, 6.45) is 1.73. The van der Waals surface area contributed by atoms with Gasteiger partial charge in [0, 0.05) is 7.05 Å². The van der Waals surface area contributed by atoms with Crippen LogP contribution in [0.3, 0.4) is 0 Å². The molecule has 35 heavy (non-hydrogen) atoms. The van der Waals surface area contributed by atoms with E-state index in [9.17, 15) is 13.6 Å². The van der Waals surface area contributed by atoms with E-state index in [0.717, 1.165) is 29.9 Å². The second-order valence-corrected chi connectivity index (χ2v) is 11.3. The Kier molecular flexibility index (Phi) is 7.49. The molecule has 12 heteroatoms. The van der Waals surface area contributed by atoms with Crippen LogP contribution in [-0.2, 0) is 23.5 Å². The predicted molar refractivity (Wildman–Crippen MR) is 139 cm³/mol. The average Bonchev–Trinajstić information content (AvgIpc) is 3.15. The molecular weight excluding hydrogens is 488 g/mol. The largest absolute Gasteiger partial charge is 0.633 e.